The van der Waals surface area contributed by atoms with Gasteiger partial charge < -0.3 is 19.7 Å². The van der Waals surface area contributed by atoms with Crippen molar-refractivity contribution in [3.05, 3.63) is 59.7 Å². The first-order valence-electron chi connectivity index (χ1n) is 10.4. The maximum atomic E-state index is 13.1. The molecule has 2 aromatic rings. The standard InChI is InChI=1S/C24H30N2O4/c1-4-30-22(27)24(16-19-11-6-5-10-18(19)2)14-9-15-26(17-24)23(28)25-20-12-7-8-13-21(20)29-3/h5-8,10-13H,4,9,14-17H2,1-3H3,(H,25,28)/t24-/m1/s1. The van der Waals surface area contributed by atoms with Crippen LogP contribution in [-0.2, 0) is 16.0 Å². The van der Waals surface area contributed by atoms with E-state index in [0.29, 0.717) is 44.0 Å². The summed E-state index contributed by atoms with van der Waals surface area (Å²) in [5.74, 6) is 0.363. The average Bonchev–Trinajstić information content (AvgIpc) is 2.76. The number of anilines is 1. The van der Waals surface area contributed by atoms with Gasteiger partial charge in [0.05, 0.1) is 24.8 Å². The molecule has 0 aliphatic carbocycles. The Labute approximate surface area is 178 Å². The largest absolute Gasteiger partial charge is 0.495 e. The number of hydrogen-bond acceptors (Lipinski definition) is 4. The molecule has 1 N–H and O–H groups in total. The number of methoxy groups -OCH3 is 1. The third-order valence-electron chi connectivity index (χ3n) is 5.71. The summed E-state index contributed by atoms with van der Waals surface area (Å²) < 4.78 is 10.8. The number of hydrogen-bond donors (Lipinski definition) is 1. The van der Waals surface area contributed by atoms with Crippen molar-refractivity contribution in [2.75, 3.05) is 32.1 Å². The second-order valence-corrected chi connectivity index (χ2v) is 7.76. The minimum atomic E-state index is -0.752. The van der Waals surface area contributed by atoms with E-state index in [4.69, 9.17) is 9.47 Å². The van der Waals surface area contributed by atoms with Crippen LogP contribution in [0.25, 0.3) is 0 Å². The quantitative estimate of drug-likeness (QED) is 0.716. The molecule has 1 aliphatic heterocycles. The first-order valence-corrected chi connectivity index (χ1v) is 10.4. The molecular formula is C24H30N2O4. The van der Waals surface area contributed by atoms with Gasteiger partial charge in [-0.1, -0.05) is 36.4 Å². The van der Waals surface area contributed by atoms with Gasteiger partial charge in [0.25, 0.3) is 0 Å². The third kappa shape index (κ3) is 4.75. The number of amides is 2. The van der Waals surface area contributed by atoms with E-state index in [9.17, 15) is 9.59 Å². The van der Waals surface area contributed by atoms with Crippen molar-refractivity contribution in [2.24, 2.45) is 5.41 Å². The number of benzene rings is 2. The number of esters is 1. The van der Waals surface area contributed by atoms with Gasteiger partial charge >= 0.3 is 12.0 Å². The molecule has 1 atom stereocenters. The van der Waals surface area contributed by atoms with Gasteiger partial charge in [-0.15, -0.1) is 0 Å². The van der Waals surface area contributed by atoms with Gasteiger partial charge in [-0.25, -0.2) is 4.79 Å². The maximum Gasteiger partial charge on any atom is 0.321 e. The lowest BCUT2D eigenvalue weighted by Gasteiger charge is -2.41. The Balaban J connectivity index is 1.83. The fraction of sp³-hybridized carbons (Fsp3) is 0.417. The lowest BCUT2D eigenvalue weighted by Crippen LogP contribution is -2.52. The van der Waals surface area contributed by atoms with E-state index in [2.05, 4.69) is 5.32 Å². The Morgan fingerprint density at radius 3 is 2.60 bits per heavy atom. The molecule has 0 radical (unpaired) electrons. The molecule has 1 saturated heterocycles. The van der Waals surface area contributed by atoms with Crippen molar-refractivity contribution in [3.63, 3.8) is 0 Å². The Morgan fingerprint density at radius 1 is 1.13 bits per heavy atom. The molecule has 0 bridgehead atoms. The van der Waals surface area contributed by atoms with Crippen molar-refractivity contribution in [2.45, 2.75) is 33.1 Å². The highest BCUT2D eigenvalue weighted by molar-refractivity contribution is 5.91. The van der Waals surface area contributed by atoms with E-state index >= 15 is 0 Å². The first kappa shape index (κ1) is 21.7. The Bertz CT molecular complexity index is 898. The fourth-order valence-corrected chi connectivity index (χ4v) is 4.09. The highest BCUT2D eigenvalue weighted by atomic mass is 16.5. The van der Waals surface area contributed by atoms with Crippen LogP contribution in [0.3, 0.4) is 0 Å². The SMILES string of the molecule is CCOC(=O)[C@@]1(Cc2ccccc2C)CCCN(C(=O)Nc2ccccc2OC)C1. The van der Waals surface area contributed by atoms with Gasteiger partial charge in [-0.05, 0) is 56.4 Å². The predicted octanol–water partition coefficient (Wildman–Crippen LogP) is 4.42. The molecule has 6 nitrogen and oxygen atoms in total. The molecule has 6 heteroatoms. The summed E-state index contributed by atoms with van der Waals surface area (Å²) in [5.41, 5.74) is 2.10. The minimum Gasteiger partial charge on any atom is -0.495 e. The molecule has 0 unspecified atom stereocenters. The molecule has 30 heavy (non-hydrogen) atoms. The summed E-state index contributed by atoms with van der Waals surface area (Å²) >= 11 is 0. The Hall–Kier alpha value is -3.02. The first-order chi connectivity index (χ1) is 14.5. The number of urea groups is 1. The zero-order valence-corrected chi connectivity index (χ0v) is 17.9. The highest BCUT2D eigenvalue weighted by Gasteiger charge is 2.45. The van der Waals surface area contributed by atoms with E-state index in [1.54, 1.807) is 24.1 Å². The smallest absolute Gasteiger partial charge is 0.321 e. The van der Waals surface area contributed by atoms with Crippen LogP contribution in [0.1, 0.15) is 30.9 Å². The number of rotatable bonds is 6. The summed E-state index contributed by atoms with van der Waals surface area (Å²) in [6, 6.07) is 15.1. The van der Waals surface area contributed by atoms with Gasteiger partial charge in [-0.2, -0.15) is 0 Å². The van der Waals surface area contributed by atoms with E-state index in [1.165, 1.54) is 0 Å². The maximum absolute atomic E-state index is 13.1. The topological polar surface area (TPSA) is 67.9 Å². The van der Waals surface area contributed by atoms with Crippen molar-refractivity contribution in [3.8, 4) is 5.75 Å². The molecule has 0 aromatic heterocycles. The van der Waals surface area contributed by atoms with Crippen molar-refractivity contribution >= 4 is 17.7 Å². The summed E-state index contributed by atoms with van der Waals surface area (Å²) in [4.78, 5) is 27.8. The molecule has 2 amide bonds. The molecule has 1 heterocycles. The molecular weight excluding hydrogens is 380 g/mol. The normalized spacial score (nSPS) is 18.6. The zero-order valence-electron chi connectivity index (χ0n) is 17.9. The predicted molar refractivity (Wildman–Crippen MR) is 117 cm³/mol. The van der Waals surface area contributed by atoms with Crippen LogP contribution < -0.4 is 10.1 Å². The molecule has 2 aromatic carbocycles. The van der Waals surface area contributed by atoms with Gasteiger partial charge in [-0.3, -0.25) is 4.79 Å². The number of nitrogens with one attached hydrogen (secondary N) is 1. The average molecular weight is 411 g/mol. The van der Waals surface area contributed by atoms with Crippen LogP contribution in [0.15, 0.2) is 48.5 Å². The summed E-state index contributed by atoms with van der Waals surface area (Å²) in [5, 5.41) is 2.92. The van der Waals surface area contributed by atoms with Crippen LogP contribution in [0, 0.1) is 12.3 Å². The van der Waals surface area contributed by atoms with E-state index in [0.717, 1.165) is 17.5 Å². The molecule has 3 rings (SSSR count). The van der Waals surface area contributed by atoms with Gasteiger partial charge in [0.2, 0.25) is 0 Å². The number of para-hydroxylation sites is 2. The van der Waals surface area contributed by atoms with Gasteiger partial charge in [0.1, 0.15) is 5.75 Å². The van der Waals surface area contributed by atoms with Gasteiger partial charge in [0, 0.05) is 13.1 Å². The number of aryl methyl sites for hydroxylation is 1. The van der Waals surface area contributed by atoms with Crippen LogP contribution in [0.4, 0.5) is 10.5 Å². The molecule has 1 fully saturated rings. The van der Waals surface area contributed by atoms with Crippen LogP contribution in [-0.4, -0.2) is 43.7 Å². The number of likely N-dealkylation sites (tertiary alicyclic amines) is 1. The molecule has 160 valence electrons. The van der Waals surface area contributed by atoms with Crippen LogP contribution in [0.5, 0.6) is 5.75 Å². The lowest BCUT2D eigenvalue weighted by atomic mass is 9.74. The fourth-order valence-electron chi connectivity index (χ4n) is 4.09. The van der Waals surface area contributed by atoms with Crippen LogP contribution >= 0.6 is 0 Å². The van der Waals surface area contributed by atoms with Crippen molar-refractivity contribution in [1.29, 1.82) is 0 Å². The number of nitrogens with zero attached hydrogens (tertiary/aromatic N) is 1. The Kier molecular flexibility index (Phi) is 6.98. The number of ether oxygens (including phenoxy) is 2. The van der Waals surface area contributed by atoms with Gasteiger partial charge in [0.15, 0.2) is 0 Å². The lowest BCUT2D eigenvalue weighted by molar-refractivity contribution is -0.158. The summed E-state index contributed by atoms with van der Waals surface area (Å²) in [7, 11) is 1.57. The van der Waals surface area contributed by atoms with E-state index in [-0.39, 0.29) is 12.0 Å². The van der Waals surface area contributed by atoms with Crippen LogP contribution in [0.2, 0.25) is 0 Å². The highest BCUT2D eigenvalue weighted by Crippen LogP contribution is 2.36. The molecule has 0 spiro atoms. The Morgan fingerprint density at radius 2 is 1.87 bits per heavy atom. The summed E-state index contributed by atoms with van der Waals surface area (Å²) in [6.07, 6.45) is 1.99. The molecule has 1 aliphatic rings. The van der Waals surface area contributed by atoms with Crippen molar-refractivity contribution in [1.82, 2.24) is 4.90 Å². The number of piperidine rings is 1. The van der Waals surface area contributed by atoms with Crippen molar-refractivity contribution < 1.29 is 19.1 Å². The summed E-state index contributed by atoms with van der Waals surface area (Å²) in [6.45, 7) is 5.09. The van der Waals surface area contributed by atoms with E-state index < -0.39 is 5.41 Å². The number of carbonyl (C=O) groups excluding carboxylic acids is 2. The zero-order chi connectivity index (χ0) is 21.6. The monoisotopic (exact) mass is 410 g/mol. The second kappa shape index (κ2) is 9.65. The molecule has 0 saturated carbocycles. The number of carbonyl (C=O) groups is 2. The second-order valence-electron chi connectivity index (χ2n) is 7.76. The third-order valence-corrected chi connectivity index (χ3v) is 5.71. The van der Waals surface area contributed by atoms with E-state index in [1.807, 2.05) is 50.2 Å². The minimum absolute atomic E-state index is 0.233.